The van der Waals surface area contributed by atoms with Gasteiger partial charge in [-0.05, 0) is 54.8 Å². The smallest absolute Gasteiger partial charge is 0.126 e. The van der Waals surface area contributed by atoms with Gasteiger partial charge in [-0.15, -0.1) is 0 Å². The average molecular weight is 289 g/mol. The van der Waals surface area contributed by atoms with E-state index in [0.717, 1.165) is 22.6 Å². The van der Waals surface area contributed by atoms with Crippen molar-refractivity contribution in [3.8, 4) is 28.0 Å². The Morgan fingerprint density at radius 1 is 0.818 bits per heavy atom. The molecule has 0 saturated carbocycles. The van der Waals surface area contributed by atoms with Gasteiger partial charge in [-0.1, -0.05) is 35.9 Å². The van der Waals surface area contributed by atoms with E-state index in [1.807, 2.05) is 25.3 Å². The first-order chi connectivity index (χ1) is 10.7. The summed E-state index contributed by atoms with van der Waals surface area (Å²) in [5.41, 5.74) is 6.88. The van der Waals surface area contributed by atoms with E-state index < -0.39 is 0 Å². The molecule has 1 heterocycles. The highest BCUT2D eigenvalue weighted by molar-refractivity contribution is 5.77. The van der Waals surface area contributed by atoms with Gasteiger partial charge in [0.05, 0.1) is 7.11 Å². The predicted molar refractivity (Wildman–Crippen MR) is 91.1 cm³/mol. The molecular formula is C20H19NO. The van der Waals surface area contributed by atoms with Crippen LogP contribution in [0.2, 0.25) is 0 Å². The van der Waals surface area contributed by atoms with Crippen LogP contribution in [0.1, 0.15) is 11.3 Å². The van der Waals surface area contributed by atoms with Crippen molar-refractivity contribution < 1.29 is 4.74 Å². The van der Waals surface area contributed by atoms with Gasteiger partial charge in [0.1, 0.15) is 5.75 Å². The van der Waals surface area contributed by atoms with Gasteiger partial charge in [0, 0.05) is 17.5 Å². The molecule has 0 amide bonds. The summed E-state index contributed by atoms with van der Waals surface area (Å²) in [5, 5.41) is 0. The maximum Gasteiger partial charge on any atom is 0.126 e. The van der Waals surface area contributed by atoms with Crippen LogP contribution in [0.25, 0.3) is 22.3 Å². The Balaban J connectivity index is 2.14. The second kappa shape index (κ2) is 6.02. The molecule has 2 heteroatoms. The third kappa shape index (κ3) is 2.86. The summed E-state index contributed by atoms with van der Waals surface area (Å²) < 4.78 is 5.53. The lowest BCUT2D eigenvalue weighted by atomic mass is 9.97. The summed E-state index contributed by atoms with van der Waals surface area (Å²) in [6, 6.07) is 18.9. The monoisotopic (exact) mass is 289 g/mol. The Bertz CT molecular complexity index is 808. The molecule has 0 atom stereocenters. The molecule has 0 fully saturated rings. The van der Waals surface area contributed by atoms with Crippen molar-refractivity contribution in [2.75, 3.05) is 7.11 Å². The van der Waals surface area contributed by atoms with Gasteiger partial charge in [-0.25, -0.2) is 0 Å². The first-order valence-corrected chi connectivity index (χ1v) is 7.35. The molecule has 0 radical (unpaired) electrons. The van der Waals surface area contributed by atoms with Crippen molar-refractivity contribution >= 4 is 0 Å². The van der Waals surface area contributed by atoms with E-state index in [2.05, 4.69) is 54.4 Å². The number of aryl methyl sites for hydroxylation is 2. The minimum absolute atomic E-state index is 0.877. The number of ether oxygens (including phenoxy) is 1. The van der Waals surface area contributed by atoms with Crippen LogP contribution >= 0.6 is 0 Å². The highest BCUT2D eigenvalue weighted by atomic mass is 16.5. The van der Waals surface area contributed by atoms with Crippen molar-refractivity contribution in [2.45, 2.75) is 13.8 Å². The van der Waals surface area contributed by atoms with Crippen molar-refractivity contribution in [3.05, 3.63) is 72.1 Å². The van der Waals surface area contributed by atoms with Crippen molar-refractivity contribution in [2.24, 2.45) is 0 Å². The maximum atomic E-state index is 5.53. The lowest BCUT2D eigenvalue weighted by molar-refractivity contribution is 0.416. The fourth-order valence-electron chi connectivity index (χ4n) is 2.65. The topological polar surface area (TPSA) is 22.1 Å². The Hall–Kier alpha value is -2.61. The number of hydrogen-bond donors (Lipinski definition) is 0. The molecule has 1 aromatic heterocycles. The Morgan fingerprint density at radius 3 is 2.36 bits per heavy atom. The van der Waals surface area contributed by atoms with E-state index in [1.54, 1.807) is 7.11 Å². The van der Waals surface area contributed by atoms with E-state index in [1.165, 1.54) is 16.7 Å². The van der Waals surface area contributed by atoms with E-state index in [4.69, 9.17) is 4.74 Å². The van der Waals surface area contributed by atoms with Gasteiger partial charge in [0.25, 0.3) is 0 Å². The normalized spacial score (nSPS) is 10.5. The van der Waals surface area contributed by atoms with Crippen LogP contribution in [0, 0.1) is 13.8 Å². The molecule has 0 spiro atoms. The molecule has 0 aliphatic rings. The Kier molecular flexibility index (Phi) is 3.92. The van der Waals surface area contributed by atoms with E-state index in [0.29, 0.717) is 0 Å². The summed E-state index contributed by atoms with van der Waals surface area (Å²) in [6.45, 7) is 4.11. The molecule has 0 bridgehead atoms. The quantitative estimate of drug-likeness (QED) is 0.674. The lowest BCUT2D eigenvalue weighted by Gasteiger charge is -2.12. The highest BCUT2D eigenvalue weighted by Crippen LogP contribution is 2.34. The molecule has 0 aliphatic heterocycles. The molecule has 0 saturated heterocycles. The molecule has 22 heavy (non-hydrogen) atoms. The number of rotatable bonds is 3. The number of nitrogens with zero attached hydrogens (tertiary/aromatic N) is 1. The van der Waals surface area contributed by atoms with Crippen LogP contribution in [0.4, 0.5) is 0 Å². The fraction of sp³-hybridized carbons (Fsp3) is 0.150. The molecule has 0 unspecified atom stereocenters. The van der Waals surface area contributed by atoms with Crippen molar-refractivity contribution in [3.63, 3.8) is 0 Å². The molecule has 0 aliphatic carbocycles. The highest BCUT2D eigenvalue weighted by Gasteiger charge is 2.09. The molecule has 110 valence electrons. The SMILES string of the molecule is COc1ccc(-c2cccc(C)c2)cc1-c1ccnc(C)c1. The first-order valence-electron chi connectivity index (χ1n) is 7.35. The summed E-state index contributed by atoms with van der Waals surface area (Å²) >= 11 is 0. The Morgan fingerprint density at radius 2 is 1.64 bits per heavy atom. The van der Waals surface area contributed by atoms with Crippen LogP contribution in [0.3, 0.4) is 0 Å². The predicted octanol–water partition coefficient (Wildman–Crippen LogP) is 5.04. The van der Waals surface area contributed by atoms with Gasteiger partial charge in [0.2, 0.25) is 0 Å². The average Bonchev–Trinajstić information content (AvgIpc) is 2.54. The number of hydrogen-bond acceptors (Lipinski definition) is 2. The molecule has 3 aromatic rings. The van der Waals surface area contributed by atoms with Crippen LogP contribution in [-0.2, 0) is 0 Å². The minimum atomic E-state index is 0.877. The molecule has 2 nitrogen and oxygen atoms in total. The fourth-order valence-corrected chi connectivity index (χ4v) is 2.65. The number of benzene rings is 2. The molecule has 2 aromatic carbocycles. The van der Waals surface area contributed by atoms with Gasteiger partial charge in [0.15, 0.2) is 0 Å². The second-order valence-corrected chi connectivity index (χ2v) is 5.47. The number of pyridine rings is 1. The van der Waals surface area contributed by atoms with Crippen LogP contribution in [0.5, 0.6) is 5.75 Å². The molecular weight excluding hydrogens is 270 g/mol. The summed E-state index contributed by atoms with van der Waals surface area (Å²) in [5.74, 6) is 0.877. The van der Waals surface area contributed by atoms with E-state index in [9.17, 15) is 0 Å². The first kappa shape index (κ1) is 14.3. The zero-order valence-electron chi connectivity index (χ0n) is 13.1. The maximum absolute atomic E-state index is 5.53. The van der Waals surface area contributed by atoms with Crippen LogP contribution < -0.4 is 4.74 Å². The molecule has 0 N–H and O–H groups in total. The largest absolute Gasteiger partial charge is 0.496 e. The van der Waals surface area contributed by atoms with Gasteiger partial charge in [-0.2, -0.15) is 0 Å². The number of aromatic nitrogens is 1. The summed E-state index contributed by atoms with van der Waals surface area (Å²) in [6.07, 6.45) is 1.84. The van der Waals surface area contributed by atoms with Crippen LogP contribution in [0.15, 0.2) is 60.8 Å². The lowest BCUT2D eigenvalue weighted by Crippen LogP contribution is -1.91. The number of methoxy groups -OCH3 is 1. The van der Waals surface area contributed by atoms with Crippen LogP contribution in [-0.4, -0.2) is 12.1 Å². The van der Waals surface area contributed by atoms with Gasteiger partial charge in [-0.3, -0.25) is 4.98 Å². The summed E-state index contributed by atoms with van der Waals surface area (Å²) in [7, 11) is 1.71. The van der Waals surface area contributed by atoms with Crippen molar-refractivity contribution in [1.29, 1.82) is 0 Å². The van der Waals surface area contributed by atoms with E-state index in [-0.39, 0.29) is 0 Å². The van der Waals surface area contributed by atoms with E-state index >= 15 is 0 Å². The third-order valence-corrected chi connectivity index (χ3v) is 3.76. The summed E-state index contributed by atoms with van der Waals surface area (Å²) in [4.78, 5) is 4.27. The zero-order valence-corrected chi connectivity index (χ0v) is 13.1. The third-order valence-electron chi connectivity index (χ3n) is 3.76. The zero-order chi connectivity index (χ0) is 15.5. The van der Waals surface area contributed by atoms with Gasteiger partial charge < -0.3 is 4.74 Å². The second-order valence-electron chi connectivity index (χ2n) is 5.47. The standard InChI is InChI=1S/C20H19NO/c1-14-5-4-6-16(11-14)17-7-8-20(22-3)19(13-17)18-9-10-21-15(2)12-18/h4-13H,1-3H3. The van der Waals surface area contributed by atoms with Gasteiger partial charge >= 0.3 is 0 Å². The minimum Gasteiger partial charge on any atom is -0.496 e. The van der Waals surface area contributed by atoms with Crippen molar-refractivity contribution in [1.82, 2.24) is 4.98 Å². The molecule has 3 rings (SSSR count). The Labute approximate surface area is 131 Å².